The van der Waals surface area contributed by atoms with Crippen molar-refractivity contribution in [3.8, 4) is 0 Å². The summed E-state index contributed by atoms with van der Waals surface area (Å²) in [4.78, 5) is 34.8. The van der Waals surface area contributed by atoms with Gasteiger partial charge in [-0.2, -0.15) is 0 Å². The number of rotatable bonds is 1. The number of nitro groups is 1. The average Bonchev–Trinajstić information content (AvgIpc) is 3.12. The molecule has 6 nitrogen and oxygen atoms in total. The van der Waals surface area contributed by atoms with Gasteiger partial charge in [0, 0.05) is 28.4 Å². The van der Waals surface area contributed by atoms with Gasteiger partial charge in [0.25, 0.3) is 5.69 Å². The molecule has 6 rings (SSSR count). The van der Waals surface area contributed by atoms with Gasteiger partial charge in [-0.3, -0.25) is 19.7 Å². The van der Waals surface area contributed by atoms with Gasteiger partial charge < -0.3 is 5.73 Å². The molecule has 0 heterocycles. The molecule has 0 unspecified atom stereocenters. The topological polar surface area (TPSA) is 103 Å². The van der Waals surface area contributed by atoms with E-state index in [9.17, 15) is 19.7 Å². The summed E-state index contributed by atoms with van der Waals surface area (Å²) in [5, 5.41) is 11.0. The number of hydrogen-bond acceptors (Lipinski definition) is 5. The number of fused-ring (bicyclic) bond motifs is 4. The number of anilines is 1. The molecule has 0 aromatic heterocycles. The summed E-state index contributed by atoms with van der Waals surface area (Å²) in [5.74, 6) is -0.200. The molecule has 49 heavy (non-hydrogen) atoms. The van der Waals surface area contributed by atoms with Crippen molar-refractivity contribution >= 4 is 123 Å². The first-order valence-electron chi connectivity index (χ1n) is 15.7. The molecule has 0 aliphatic heterocycles. The van der Waals surface area contributed by atoms with Gasteiger partial charge in [-0.25, -0.2) is 0 Å². The summed E-state index contributed by atoms with van der Waals surface area (Å²) in [7, 11) is 0.628. The van der Waals surface area contributed by atoms with Crippen molar-refractivity contribution in [2.24, 2.45) is 0 Å². The number of carbonyl (C=O) groups is 2. The van der Waals surface area contributed by atoms with Crippen molar-refractivity contribution < 1.29 is 28.9 Å². The van der Waals surface area contributed by atoms with Crippen LogP contribution in [0.2, 0.25) is 0 Å². The van der Waals surface area contributed by atoms with E-state index in [1.165, 1.54) is 6.07 Å². The molecule has 0 saturated heterocycles. The molecule has 0 saturated carbocycles. The Bertz CT molecular complexity index is 1590. The molecule has 0 bridgehead atoms. The first-order valence-corrected chi connectivity index (χ1v) is 38.2. The molecule has 267 valence electrons. The zero-order chi connectivity index (χ0) is 38.1. The summed E-state index contributed by atoms with van der Waals surface area (Å²) in [6.45, 7) is 16.0. The Balaban J connectivity index is 0. The Morgan fingerprint density at radius 1 is 0.612 bits per heavy atom. The van der Waals surface area contributed by atoms with Gasteiger partial charge >= 0.3 is 114 Å². The van der Waals surface area contributed by atoms with Crippen LogP contribution < -0.4 is 5.73 Å². The monoisotopic (exact) mass is 1300 g/mol. The van der Waals surface area contributed by atoms with Crippen LogP contribution in [0.4, 0.5) is 11.4 Å². The summed E-state index contributed by atoms with van der Waals surface area (Å²) < 4.78 is 0. The summed E-state index contributed by atoms with van der Waals surface area (Å²) in [6, 6.07) is 25.4. The van der Waals surface area contributed by atoms with Crippen LogP contribution in [-0.2, 0) is 27.2 Å². The predicted molar refractivity (Wildman–Crippen MR) is 245 cm³/mol. The van der Waals surface area contributed by atoms with Gasteiger partial charge in [0.2, 0.25) is 5.78 Å². The minimum atomic E-state index is -0.495. The van der Waals surface area contributed by atoms with Crippen LogP contribution in [0.15, 0.2) is 84.9 Å². The molecule has 2 aliphatic carbocycles. The van der Waals surface area contributed by atoms with E-state index in [0.29, 0.717) is 32.7 Å². The third kappa shape index (κ3) is 16.8. The number of ketones is 2. The van der Waals surface area contributed by atoms with Crippen molar-refractivity contribution in [1.82, 2.24) is 0 Å². The third-order valence-electron chi connectivity index (χ3n) is 6.25. The Labute approximate surface area is 359 Å². The van der Waals surface area contributed by atoms with Crippen LogP contribution >= 0.6 is 99.9 Å². The van der Waals surface area contributed by atoms with E-state index in [1.54, 1.807) is 30.3 Å². The molecule has 13 heteroatoms. The fraction of sp³-hybridized carbons (Fsp3) is 0.278. The zero-order valence-electron chi connectivity index (χ0n) is 28.9. The molecular formula is C36H44I5N2O4V2. The first-order chi connectivity index (χ1) is 23.6. The van der Waals surface area contributed by atoms with Crippen LogP contribution in [0, 0.1) is 10.1 Å². The number of nitrogen functional groups attached to an aromatic ring is 1. The van der Waals surface area contributed by atoms with Crippen LogP contribution in [0.1, 0.15) is 109 Å². The Morgan fingerprint density at radius 2 is 0.939 bits per heavy atom. The second-order valence-electron chi connectivity index (χ2n) is 8.53. The molecule has 2 aliphatic rings. The molecule has 0 fully saturated rings. The standard InChI is InChI=1S/C14H9NO3.C14H11NO.4C2H6.5HI.2V/c16-14-11-6-2-1-4-9(11)8-10-5-3-7-12(13(10)14)15(17)18;15-12-7-3-5-10-8-9-4-1-2-6-11(9)14(16)13(10)12;4*1-2;;;;;;;/h1-7H,8H2;1-7H,8,15H2;4*1-2H3;5*1H;;/q;;;;;;;;;;;+2;+3/p-5. The predicted octanol–water partition coefficient (Wildman–Crippen LogP) is 13.7. The SMILES string of the molecule is CC.CC.CC.CC.Nc1cccc2c1C(=O)c1ccccc1C2.O=C1c2ccccc2Cc2cccc([N+](=O)[O-])c21.[I][V]([I])[I].[I][V][I]. The number of nitrogens with two attached hydrogens (primary N) is 1. The van der Waals surface area contributed by atoms with Crippen molar-refractivity contribution in [2.75, 3.05) is 5.73 Å². The maximum atomic E-state index is 12.3. The van der Waals surface area contributed by atoms with Crippen LogP contribution in [0.5, 0.6) is 0 Å². The van der Waals surface area contributed by atoms with Crippen molar-refractivity contribution in [3.63, 3.8) is 0 Å². The van der Waals surface area contributed by atoms with Crippen molar-refractivity contribution in [1.29, 1.82) is 0 Å². The van der Waals surface area contributed by atoms with Gasteiger partial charge in [-0.05, 0) is 41.2 Å². The summed E-state index contributed by atoms with van der Waals surface area (Å²) >= 11 is 12.1. The van der Waals surface area contributed by atoms with Crippen LogP contribution in [0.3, 0.4) is 0 Å². The number of halogens is 5. The Morgan fingerprint density at radius 3 is 1.35 bits per heavy atom. The second-order valence-corrected chi connectivity index (χ2v) is 55.7. The maximum absolute atomic E-state index is 12.3. The Kier molecular flexibility index (Phi) is 32.1. The molecule has 4 aromatic carbocycles. The third-order valence-corrected chi connectivity index (χ3v) is 6.25. The second kappa shape index (κ2) is 30.7. The molecule has 4 aromatic rings. The molecule has 0 radical (unpaired) electrons. The van der Waals surface area contributed by atoms with Gasteiger partial charge in [0.1, 0.15) is 5.56 Å². The van der Waals surface area contributed by atoms with E-state index >= 15 is 0 Å². The molecule has 0 spiro atoms. The number of hydrogen-bond donors (Lipinski definition) is 1. The van der Waals surface area contributed by atoms with E-state index < -0.39 is 4.92 Å². The Hall–Kier alpha value is 0.239. The van der Waals surface area contributed by atoms with Crippen LogP contribution in [0.25, 0.3) is 0 Å². The summed E-state index contributed by atoms with van der Waals surface area (Å²) in [5.41, 5.74) is 12.4. The number of carbonyl (C=O) groups excluding carboxylic acids is 2. The quantitative estimate of drug-likeness (QED) is 0.0765. The average molecular weight is 1310 g/mol. The first kappa shape index (κ1) is 51.3. The van der Waals surface area contributed by atoms with Crippen LogP contribution in [-0.4, -0.2) is 16.5 Å². The van der Waals surface area contributed by atoms with Crippen molar-refractivity contribution in [2.45, 2.75) is 68.2 Å². The van der Waals surface area contributed by atoms with Gasteiger partial charge in [0.05, 0.1) is 4.92 Å². The normalized spacial score (nSPS) is 10.5. The molecular weight excluding hydrogens is 1260 g/mol. The van der Waals surface area contributed by atoms with Gasteiger partial charge in [-0.1, -0.05) is 128 Å². The van der Waals surface area contributed by atoms with E-state index in [2.05, 4.69) is 99.9 Å². The molecule has 0 amide bonds. The van der Waals surface area contributed by atoms with E-state index in [4.69, 9.17) is 5.73 Å². The molecule has 2 N–H and O–H groups in total. The van der Waals surface area contributed by atoms with Crippen molar-refractivity contribution in [3.05, 3.63) is 140 Å². The molecule has 0 atom stereocenters. The van der Waals surface area contributed by atoms with E-state index in [1.807, 2.05) is 104 Å². The minimum absolute atomic E-state index is 0.0509. The number of benzene rings is 4. The van der Waals surface area contributed by atoms with Gasteiger partial charge in [0.15, 0.2) is 5.78 Å². The van der Waals surface area contributed by atoms with E-state index in [-0.39, 0.29) is 27.7 Å². The van der Waals surface area contributed by atoms with E-state index in [0.717, 1.165) is 34.2 Å². The number of nitrogens with zero attached hydrogens (tertiary/aromatic N) is 1. The fourth-order valence-electron chi connectivity index (χ4n) is 4.66. The summed E-state index contributed by atoms with van der Waals surface area (Å²) in [6.07, 6.45) is 1.36. The number of nitro benzene ring substituents is 1. The zero-order valence-corrected chi connectivity index (χ0v) is 42.5. The van der Waals surface area contributed by atoms with Gasteiger partial charge in [-0.15, -0.1) is 0 Å². The fourth-order valence-corrected chi connectivity index (χ4v) is 4.66.